The molecule has 1 aliphatic carbocycles. The van der Waals surface area contributed by atoms with Crippen molar-refractivity contribution < 1.29 is 41.3 Å². The second kappa shape index (κ2) is 5.30. The molecule has 9 heteroatoms. The van der Waals surface area contributed by atoms with Gasteiger partial charge in [-0.3, -0.25) is 0 Å². The minimum atomic E-state index is -4.80. The molecular formula is C16H15F5O4. The minimum Gasteiger partial charge on any atom is -0.493 e. The predicted octanol–water partition coefficient (Wildman–Crippen LogP) is 3.64. The van der Waals surface area contributed by atoms with Gasteiger partial charge in [-0.2, -0.15) is 17.6 Å². The van der Waals surface area contributed by atoms with Crippen LogP contribution in [-0.2, 0) is 9.53 Å². The standard InChI is InChI=1S/C16H15F5O4/c1-14-5-6-15(14,16(19,20)21)25-12(13(22)23)9(14)7-3-4-8(17)10(18)11(7)24-2/h3-4,9,12H,5-6H2,1-2H3,(H,22,23)/t9-,12+,14+,15+/m0/s1. The lowest BCUT2D eigenvalue weighted by molar-refractivity contribution is -0.329. The number of ether oxygens (including phenoxy) is 2. The van der Waals surface area contributed by atoms with E-state index in [1.807, 2.05) is 0 Å². The van der Waals surface area contributed by atoms with Crippen LogP contribution in [0.15, 0.2) is 12.1 Å². The molecule has 25 heavy (non-hydrogen) atoms. The molecule has 2 aliphatic rings. The van der Waals surface area contributed by atoms with Crippen molar-refractivity contribution in [1.29, 1.82) is 0 Å². The number of carbonyl (C=O) groups is 1. The monoisotopic (exact) mass is 366 g/mol. The summed E-state index contributed by atoms with van der Waals surface area (Å²) < 4.78 is 78.3. The van der Waals surface area contributed by atoms with Crippen molar-refractivity contribution in [3.05, 3.63) is 29.3 Å². The van der Waals surface area contributed by atoms with Gasteiger partial charge in [0.1, 0.15) is 0 Å². The zero-order valence-electron chi connectivity index (χ0n) is 13.3. The number of alkyl halides is 3. The number of hydrogen-bond acceptors (Lipinski definition) is 3. The molecule has 1 saturated carbocycles. The van der Waals surface area contributed by atoms with E-state index < -0.39 is 52.6 Å². The Balaban J connectivity index is 2.21. The molecule has 0 spiro atoms. The van der Waals surface area contributed by atoms with Crippen molar-refractivity contribution in [2.75, 3.05) is 7.11 Å². The lowest BCUT2D eigenvalue weighted by atomic mass is 9.51. The average Bonchev–Trinajstić information content (AvgIpc) is 2.68. The summed E-state index contributed by atoms with van der Waals surface area (Å²) in [6.45, 7) is 1.26. The Hall–Kier alpha value is -1.90. The molecule has 1 saturated heterocycles. The molecule has 1 heterocycles. The molecule has 1 aromatic carbocycles. The van der Waals surface area contributed by atoms with Crippen molar-refractivity contribution in [2.24, 2.45) is 5.41 Å². The highest BCUT2D eigenvalue weighted by atomic mass is 19.4. The van der Waals surface area contributed by atoms with Gasteiger partial charge in [-0.05, 0) is 18.9 Å². The van der Waals surface area contributed by atoms with Crippen LogP contribution in [0.4, 0.5) is 22.0 Å². The first-order chi connectivity index (χ1) is 11.5. The molecule has 1 aromatic rings. The third-order valence-corrected chi connectivity index (χ3v) is 5.56. The van der Waals surface area contributed by atoms with E-state index in [1.165, 1.54) is 6.92 Å². The molecule has 1 N–H and O–H groups in total. The van der Waals surface area contributed by atoms with Gasteiger partial charge in [0.05, 0.1) is 7.11 Å². The van der Waals surface area contributed by atoms with Crippen molar-refractivity contribution in [3.8, 4) is 5.75 Å². The van der Waals surface area contributed by atoms with Crippen molar-refractivity contribution >= 4 is 5.97 Å². The van der Waals surface area contributed by atoms with Crippen LogP contribution in [0.1, 0.15) is 31.2 Å². The highest BCUT2D eigenvalue weighted by molar-refractivity contribution is 5.75. The number of aliphatic carboxylic acids is 1. The normalized spacial score (nSPS) is 34.4. The summed E-state index contributed by atoms with van der Waals surface area (Å²) in [5.74, 6) is -6.17. The number of hydrogen-bond donors (Lipinski definition) is 1. The summed E-state index contributed by atoms with van der Waals surface area (Å²) >= 11 is 0. The zero-order chi connectivity index (χ0) is 18.8. The molecule has 2 fully saturated rings. The number of benzene rings is 1. The summed E-state index contributed by atoms with van der Waals surface area (Å²) in [5.41, 5.74) is -4.42. The van der Waals surface area contributed by atoms with Gasteiger partial charge in [0, 0.05) is 16.9 Å². The van der Waals surface area contributed by atoms with Crippen molar-refractivity contribution in [2.45, 2.75) is 43.6 Å². The maximum absolute atomic E-state index is 14.0. The van der Waals surface area contributed by atoms with Gasteiger partial charge in [0.25, 0.3) is 0 Å². The fourth-order valence-electron chi connectivity index (χ4n) is 4.20. The van der Waals surface area contributed by atoms with Crippen LogP contribution in [-0.4, -0.2) is 36.1 Å². The molecule has 0 radical (unpaired) electrons. The van der Waals surface area contributed by atoms with Gasteiger partial charge >= 0.3 is 12.1 Å². The number of fused-ring (bicyclic) bond motifs is 1. The number of methoxy groups -OCH3 is 1. The molecule has 0 amide bonds. The third-order valence-electron chi connectivity index (χ3n) is 5.56. The first kappa shape index (κ1) is 17.9. The molecule has 4 atom stereocenters. The summed E-state index contributed by atoms with van der Waals surface area (Å²) in [6, 6.07) is 1.79. The quantitative estimate of drug-likeness (QED) is 0.830. The van der Waals surface area contributed by atoms with E-state index >= 15 is 0 Å². The maximum atomic E-state index is 14.0. The van der Waals surface area contributed by atoms with Crippen LogP contribution >= 0.6 is 0 Å². The largest absolute Gasteiger partial charge is 0.493 e. The fourth-order valence-corrected chi connectivity index (χ4v) is 4.20. The Labute approximate surface area is 139 Å². The van der Waals surface area contributed by atoms with E-state index in [2.05, 4.69) is 0 Å². The van der Waals surface area contributed by atoms with Gasteiger partial charge in [0.15, 0.2) is 23.3 Å². The van der Waals surface area contributed by atoms with E-state index in [0.717, 1.165) is 19.2 Å². The predicted molar refractivity (Wildman–Crippen MR) is 74.3 cm³/mol. The topological polar surface area (TPSA) is 55.8 Å². The lowest BCUT2D eigenvalue weighted by Gasteiger charge is -2.54. The Bertz CT molecular complexity index is 734. The first-order valence-electron chi connectivity index (χ1n) is 7.49. The lowest BCUT2D eigenvalue weighted by Crippen LogP contribution is -2.63. The number of carboxylic acid groups (broad SMARTS) is 1. The Morgan fingerprint density at radius 2 is 1.96 bits per heavy atom. The molecule has 0 unspecified atom stereocenters. The second-order valence-corrected chi connectivity index (χ2v) is 6.58. The number of carboxylic acids is 1. The Morgan fingerprint density at radius 1 is 1.32 bits per heavy atom. The van der Waals surface area contributed by atoms with Crippen molar-refractivity contribution in [3.63, 3.8) is 0 Å². The van der Waals surface area contributed by atoms with Gasteiger partial charge in [-0.15, -0.1) is 0 Å². The summed E-state index contributed by atoms with van der Waals surface area (Å²) in [6.07, 6.45) is -7.01. The van der Waals surface area contributed by atoms with E-state index in [9.17, 15) is 31.9 Å². The summed E-state index contributed by atoms with van der Waals surface area (Å²) in [5, 5.41) is 9.39. The van der Waals surface area contributed by atoms with E-state index in [-0.39, 0.29) is 18.4 Å². The number of halogens is 5. The van der Waals surface area contributed by atoms with Crippen LogP contribution in [0, 0.1) is 17.0 Å². The molecule has 0 bridgehead atoms. The van der Waals surface area contributed by atoms with Gasteiger partial charge in [-0.1, -0.05) is 13.0 Å². The van der Waals surface area contributed by atoms with Crippen LogP contribution < -0.4 is 4.74 Å². The number of rotatable bonds is 3. The highest BCUT2D eigenvalue weighted by Crippen LogP contribution is 2.71. The molecule has 0 aromatic heterocycles. The SMILES string of the molecule is COc1c([C@H]2[C@H](C(=O)O)O[C@]3(C(F)(F)F)CC[C@]23C)ccc(F)c1F. The first-order valence-corrected chi connectivity index (χ1v) is 7.49. The van der Waals surface area contributed by atoms with Gasteiger partial charge < -0.3 is 14.6 Å². The van der Waals surface area contributed by atoms with E-state index in [4.69, 9.17) is 9.47 Å². The van der Waals surface area contributed by atoms with Gasteiger partial charge in [-0.25, -0.2) is 9.18 Å². The molecule has 138 valence electrons. The summed E-state index contributed by atoms with van der Waals surface area (Å²) in [4.78, 5) is 11.6. The van der Waals surface area contributed by atoms with E-state index in [1.54, 1.807) is 0 Å². The third kappa shape index (κ3) is 2.11. The maximum Gasteiger partial charge on any atom is 0.418 e. The van der Waals surface area contributed by atoms with Crippen LogP contribution in [0.3, 0.4) is 0 Å². The van der Waals surface area contributed by atoms with E-state index in [0.29, 0.717) is 0 Å². The average molecular weight is 366 g/mol. The molecular weight excluding hydrogens is 351 g/mol. The molecule has 3 rings (SSSR count). The van der Waals surface area contributed by atoms with Crippen LogP contribution in [0.2, 0.25) is 0 Å². The molecule has 4 nitrogen and oxygen atoms in total. The highest BCUT2D eigenvalue weighted by Gasteiger charge is 2.80. The zero-order valence-corrected chi connectivity index (χ0v) is 13.3. The summed E-state index contributed by atoms with van der Waals surface area (Å²) in [7, 11) is 1.03. The minimum absolute atomic E-state index is 0.0309. The Morgan fingerprint density at radius 3 is 2.40 bits per heavy atom. The fraction of sp³-hybridized carbons (Fsp3) is 0.562. The van der Waals surface area contributed by atoms with Crippen LogP contribution in [0.25, 0.3) is 0 Å². The Kier molecular flexibility index (Phi) is 3.79. The smallest absolute Gasteiger partial charge is 0.418 e. The van der Waals surface area contributed by atoms with Crippen molar-refractivity contribution in [1.82, 2.24) is 0 Å². The van der Waals surface area contributed by atoms with Crippen LogP contribution in [0.5, 0.6) is 5.75 Å². The molecule has 1 aliphatic heterocycles. The van der Waals surface area contributed by atoms with Gasteiger partial charge in [0.2, 0.25) is 5.82 Å². The second-order valence-electron chi connectivity index (χ2n) is 6.58.